The third kappa shape index (κ3) is 4.48. The second-order valence-corrected chi connectivity index (χ2v) is 7.92. The molecule has 0 unspecified atom stereocenters. The van der Waals surface area contributed by atoms with Gasteiger partial charge in [-0.05, 0) is 48.7 Å². The van der Waals surface area contributed by atoms with E-state index in [0.717, 1.165) is 22.4 Å². The minimum absolute atomic E-state index is 0.127. The summed E-state index contributed by atoms with van der Waals surface area (Å²) < 4.78 is 1.53. The average Bonchev–Trinajstić information content (AvgIpc) is 3.15. The van der Waals surface area contributed by atoms with Gasteiger partial charge in [-0.15, -0.1) is 0 Å². The first kappa shape index (κ1) is 21.8. The molecule has 33 heavy (non-hydrogen) atoms. The highest BCUT2D eigenvalue weighted by Crippen LogP contribution is 2.29. The lowest BCUT2D eigenvalue weighted by molar-refractivity contribution is 0.0949. The molecule has 0 saturated carbocycles. The van der Waals surface area contributed by atoms with E-state index in [2.05, 4.69) is 10.4 Å². The van der Waals surface area contributed by atoms with E-state index in [1.165, 1.54) is 4.68 Å². The monoisotopic (exact) mass is 439 g/mol. The topological polar surface area (TPSA) is 116 Å². The highest BCUT2D eigenvalue weighted by molar-refractivity contribution is 6.03. The minimum atomic E-state index is -0.643. The molecule has 0 aliphatic heterocycles. The second kappa shape index (κ2) is 9.00. The summed E-state index contributed by atoms with van der Waals surface area (Å²) in [5.74, 6) is -0.577. The van der Waals surface area contributed by atoms with Crippen molar-refractivity contribution in [3.8, 4) is 16.9 Å². The van der Waals surface area contributed by atoms with E-state index >= 15 is 0 Å². The molecule has 0 fully saturated rings. The van der Waals surface area contributed by atoms with Crippen LogP contribution in [0.2, 0.25) is 0 Å². The Morgan fingerprint density at radius 3 is 2.36 bits per heavy atom. The van der Waals surface area contributed by atoms with E-state index in [1.807, 2.05) is 80.6 Å². The molecular formula is C26H25N5O2. The smallest absolute Gasteiger partial charge is 0.254 e. The van der Waals surface area contributed by atoms with Crippen LogP contribution in [0.5, 0.6) is 0 Å². The lowest BCUT2D eigenvalue weighted by atomic mass is 10.0. The number of benzene rings is 3. The van der Waals surface area contributed by atoms with Crippen molar-refractivity contribution in [2.75, 3.05) is 5.73 Å². The van der Waals surface area contributed by atoms with Crippen LogP contribution in [-0.4, -0.2) is 21.6 Å². The fraction of sp³-hybridized carbons (Fsp3) is 0.115. The highest BCUT2D eigenvalue weighted by Gasteiger charge is 2.22. The predicted molar refractivity (Wildman–Crippen MR) is 129 cm³/mol. The molecule has 0 aliphatic carbocycles. The molecule has 166 valence electrons. The SMILES string of the molecule is Cc1cccc(-n2nc(-c3ccc(CNC(=O)c4ccccc4C)cc3)c(C(N)=O)c2N)c1. The van der Waals surface area contributed by atoms with Gasteiger partial charge in [0.15, 0.2) is 0 Å². The zero-order valence-corrected chi connectivity index (χ0v) is 18.5. The van der Waals surface area contributed by atoms with Crippen LogP contribution >= 0.6 is 0 Å². The Balaban J connectivity index is 1.58. The number of nitrogens with zero attached hydrogens (tertiary/aromatic N) is 2. The molecule has 7 heteroatoms. The van der Waals surface area contributed by atoms with Crippen molar-refractivity contribution in [3.05, 3.63) is 101 Å². The number of primary amides is 1. The number of nitrogen functional groups attached to an aromatic ring is 1. The van der Waals surface area contributed by atoms with Gasteiger partial charge in [0.25, 0.3) is 11.8 Å². The fourth-order valence-corrected chi connectivity index (χ4v) is 3.72. The molecule has 1 heterocycles. The zero-order chi connectivity index (χ0) is 23.5. The van der Waals surface area contributed by atoms with Crippen LogP contribution in [-0.2, 0) is 6.54 Å². The molecule has 0 aliphatic rings. The third-order valence-electron chi connectivity index (χ3n) is 5.48. The van der Waals surface area contributed by atoms with Gasteiger partial charge in [0.2, 0.25) is 0 Å². The van der Waals surface area contributed by atoms with Crippen molar-refractivity contribution in [2.45, 2.75) is 20.4 Å². The van der Waals surface area contributed by atoms with Gasteiger partial charge >= 0.3 is 0 Å². The highest BCUT2D eigenvalue weighted by atomic mass is 16.2. The van der Waals surface area contributed by atoms with Crippen LogP contribution in [0.3, 0.4) is 0 Å². The van der Waals surface area contributed by atoms with Crippen molar-refractivity contribution >= 4 is 17.6 Å². The molecule has 5 N–H and O–H groups in total. The van der Waals surface area contributed by atoms with Gasteiger partial charge in [-0.25, -0.2) is 4.68 Å². The van der Waals surface area contributed by atoms with Crippen molar-refractivity contribution in [1.29, 1.82) is 0 Å². The summed E-state index contributed by atoms with van der Waals surface area (Å²) in [5, 5.41) is 7.52. The summed E-state index contributed by atoms with van der Waals surface area (Å²) in [6.07, 6.45) is 0. The van der Waals surface area contributed by atoms with Gasteiger partial charge in [-0.2, -0.15) is 5.10 Å². The van der Waals surface area contributed by atoms with Crippen molar-refractivity contribution in [1.82, 2.24) is 15.1 Å². The Hall–Kier alpha value is -4.39. The average molecular weight is 440 g/mol. The predicted octanol–water partition coefficient (Wildman–Crippen LogP) is 3.77. The van der Waals surface area contributed by atoms with E-state index in [0.29, 0.717) is 23.4 Å². The van der Waals surface area contributed by atoms with Crippen LogP contribution in [0.25, 0.3) is 16.9 Å². The first-order valence-electron chi connectivity index (χ1n) is 10.5. The number of hydrogen-bond acceptors (Lipinski definition) is 4. The Labute approximate surface area is 192 Å². The molecule has 4 rings (SSSR count). The normalized spacial score (nSPS) is 10.7. The number of nitrogens with two attached hydrogens (primary N) is 2. The lowest BCUT2D eigenvalue weighted by Gasteiger charge is -2.08. The molecule has 4 aromatic rings. The number of aromatic nitrogens is 2. The molecule has 0 radical (unpaired) electrons. The number of carbonyl (C=O) groups excluding carboxylic acids is 2. The van der Waals surface area contributed by atoms with Crippen LogP contribution in [0.1, 0.15) is 37.4 Å². The van der Waals surface area contributed by atoms with Gasteiger partial charge in [0.1, 0.15) is 17.1 Å². The molecule has 0 atom stereocenters. The third-order valence-corrected chi connectivity index (χ3v) is 5.48. The first-order valence-corrected chi connectivity index (χ1v) is 10.5. The van der Waals surface area contributed by atoms with Gasteiger partial charge in [0, 0.05) is 17.7 Å². The summed E-state index contributed by atoms with van der Waals surface area (Å²) in [7, 11) is 0. The molecular weight excluding hydrogens is 414 g/mol. The molecule has 7 nitrogen and oxygen atoms in total. The van der Waals surface area contributed by atoms with Gasteiger partial charge in [0.05, 0.1) is 5.69 Å². The van der Waals surface area contributed by atoms with Crippen molar-refractivity contribution < 1.29 is 9.59 Å². The summed E-state index contributed by atoms with van der Waals surface area (Å²) in [5.41, 5.74) is 17.5. The van der Waals surface area contributed by atoms with Crippen molar-refractivity contribution in [2.24, 2.45) is 5.73 Å². The summed E-state index contributed by atoms with van der Waals surface area (Å²) in [6.45, 7) is 4.24. The van der Waals surface area contributed by atoms with E-state index in [1.54, 1.807) is 6.07 Å². The fourth-order valence-electron chi connectivity index (χ4n) is 3.72. The van der Waals surface area contributed by atoms with Gasteiger partial charge < -0.3 is 16.8 Å². The van der Waals surface area contributed by atoms with Crippen LogP contribution in [0.4, 0.5) is 5.82 Å². The number of nitrogens with one attached hydrogen (secondary N) is 1. The number of hydrogen-bond donors (Lipinski definition) is 3. The molecule has 1 aromatic heterocycles. The Morgan fingerprint density at radius 1 is 0.970 bits per heavy atom. The van der Waals surface area contributed by atoms with E-state index in [-0.39, 0.29) is 17.3 Å². The number of carbonyl (C=O) groups is 2. The van der Waals surface area contributed by atoms with Crippen LogP contribution in [0, 0.1) is 13.8 Å². The maximum Gasteiger partial charge on any atom is 0.254 e. The van der Waals surface area contributed by atoms with Crippen molar-refractivity contribution in [3.63, 3.8) is 0 Å². The van der Waals surface area contributed by atoms with Crippen LogP contribution < -0.4 is 16.8 Å². The molecule has 0 spiro atoms. The lowest BCUT2D eigenvalue weighted by Crippen LogP contribution is -2.23. The van der Waals surface area contributed by atoms with E-state index in [9.17, 15) is 9.59 Å². The Morgan fingerprint density at radius 2 is 1.70 bits per heavy atom. The maximum absolute atomic E-state index is 12.5. The summed E-state index contributed by atoms with van der Waals surface area (Å²) in [4.78, 5) is 24.6. The molecule has 0 saturated heterocycles. The summed E-state index contributed by atoms with van der Waals surface area (Å²) >= 11 is 0. The van der Waals surface area contributed by atoms with Gasteiger partial charge in [-0.1, -0.05) is 54.6 Å². The van der Waals surface area contributed by atoms with Crippen LogP contribution in [0.15, 0.2) is 72.8 Å². The molecule has 0 bridgehead atoms. The van der Waals surface area contributed by atoms with E-state index < -0.39 is 5.91 Å². The number of anilines is 1. The quantitative estimate of drug-likeness (QED) is 0.424. The zero-order valence-electron chi connectivity index (χ0n) is 18.5. The first-order chi connectivity index (χ1) is 15.8. The molecule has 2 amide bonds. The number of aryl methyl sites for hydroxylation is 2. The maximum atomic E-state index is 12.5. The standard InChI is InChI=1S/C26H25N5O2/c1-16-6-5-8-20(14-16)31-24(27)22(25(28)32)23(30-31)19-12-10-18(11-13-19)15-29-26(33)21-9-4-3-7-17(21)2/h3-14H,15,27H2,1-2H3,(H2,28,32)(H,29,33). The second-order valence-electron chi connectivity index (χ2n) is 7.92. The minimum Gasteiger partial charge on any atom is -0.383 e. The molecule has 3 aromatic carbocycles. The largest absolute Gasteiger partial charge is 0.383 e. The Bertz CT molecular complexity index is 1340. The number of rotatable bonds is 6. The van der Waals surface area contributed by atoms with Gasteiger partial charge in [-0.3, -0.25) is 9.59 Å². The van der Waals surface area contributed by atoms with E-state index in [4.69, 9.17) is 11.5 Å². The Kier molecular flexibility index (Phi) is 5.95. The number of amides is 2. The summed E-state index contributed by atoms with van der Waals surface area (Å²) in [6, 6.07) is 22.5.